The molecular weight excluding hydrogens is 260 g/mol. The van der Waals surface area contributed by atoms with E-state index < -0.39 is 0 Å². The molecule has 0 bridgehead atoms. The third-order valence-electron chi connectivity index (χ3n) is 5.81. The van der Waals surface area contributed by atoms with E-state index >= 15 is 0 Å². The van der Waals surface area contributed by atoms with Gasteiger partial charge in [0, 0.05) is 45.3 Å². The van der Waals surface area contributed by atoms with E-state index in [0.717, 1.165) is 12.0 Å². The largest absolute Gasteiger partial charge is 0.303 e. The van der Waals surface area contributed by atoms with Gasteiger partial charge < -0.3 is 9.80 Å². The molecule has 3 saturated heterocycles. The standard InChI is InChI=1S/C17H34N4/c1-16-6-11-19(15-16)13-14-21-10-4-9-20(21)12-7-17-5-3-8-18(17)2/h16-17H,3-15H2,1-2H3. The number of rotatable bonds is 6. The Balaban J connectivity index is 1.38. The van der Waals surface area contributed by atoms with Crippen LogP contribution in [0.15, 0.2) is 0 Å². The molecule has 4 nitrogen and oxygen atoms in total. The molecule has 0 spiro atoms. The molecule has 0 radical (unpaired) electrons. The molecule has 0 amide bonds. The maximum atomic E-state index is 2.66. The molecule has 0 aromatic carbocycles. The van der Waals surface area contributed by atoms with Crippen molar-refractivity contribution in [3.05, 3.63) is 0 Å². The fraction of sp³-hybridized carbons (Fsp3) is 1.00. The smallest absolute Gasteiger partial charge is 0.0261 e. The third-order valence-corrected chi connectivity index (χ3v) is 5.81. The average Bonchev–Trinajstić information content (AvgIpc) is 3.16. The first-order valence-corrected chi connectivity index (χ1v) is 9.15. The minimum absolute atomic E-state index is 0.840. The van der Waals surface area contributed by atoms with Gasteiger partial charge in [-0.25, -0.2) is 10.0 Å². The summed E-state index contributed by atoms with van der Waals surface area (Å²) >= 11 is 0. The predicted molar refractivity (Wildman–Crippen MR) is 88.3 cm³/mol. The lowest BCUT2D eigenvalue weighted by molar-refractivity contribution is 0.0144. The van der Waals surface area contributed by atoms with E-state index in [0.29, 0.717) is 0 Å². The van der Waals surface area contributed by atoms with Crippen LogP contribution in [0.4, 0.5) is 0 Å². The Morgan fingerprint density at radius 3 is 2.33 bits per heavy atom. The Bertz CT molecular complexity index is 322. The van der Waals surface area contributed by atoms with Gasteiger partial charge in [0.1, 0.15) is 0 Å². The first-order chi connectivity index (χ1) is 10.2. The van der Waals surface area contributed by atoms with Crippen molar-refractivity contribution < 1.29 is 0 Å². The molecule has 0 N–H and O–H groups in total. The predicted octanol–water partition coefficient (Wildman–Crippen LogP) is 1.74. The summed E-state index contributed by atoms with van der Waals surface area (Å²) in [5.41, 5.74) is 0. The van der Waals surface area contributed by atoms with E-state index in [1.54, 1.807) is 0 Å². The minimum atomic E-state index is 0.840. The second-order valence-corrected chi connectivity index (χ2v) is 7.52. The van der Waals surface area contributed by atoms with Crippen LogP contribution in [0, 0.1) is 5.92 Å². The molecule has 0 aromatic rings. The third kappa shape index (κ3) is 4.19. The quantitative estimate of drug-likeness (QED) is 0.740. The summed E-state index contributed by atoms with van der Waals surface area (Å²) in [5, 5.41) is 5.28. The highest BCUT2D eigenvalue weighted by Gasteiger charge is 2.26. The maximum Gasteiger partial charge on any atom is 0.0261 e. The van der Waals surface area contributed by atoms with Crippen molar-refractivity contribution in [1.82, 2.24) is 19.8 Å². The molecule has 3 rings (SSSR count). The van der Waals surface area contributed by atoms with Crippen molar-refractivity contribution in [1.29, 1.82) is 0 Å². The molecular formula is C17H34N4. The number of hydrogen-bond donors (Lipinski definition) is 0. The highest BCUT2D eigenvalue weighted by molar-refractivity contribution is 4.79. The Morgan fingerprint density at radius 1 is 0.857 bits per heavy atom. The molecule has 0 aromatic heterocycles. The van der Waals surface area contributed by atoms with Crippen LogP contribution in [0.3, 0.4) is 0 Å². The molecule has 4 heteroatoms. The van der Waals surface area contributed by atoms with Gasteiger partial charge in [-0.15, -0.1) is 0 Å². The van der Waals surface area contributed by atoms with E-state index in [9.17, 15) is 0 Å². The fourth-order valence-corrected chi connectivity index (χ4v) is 4.35. The second kappa shape index (κ2) is 7.40. The number of hydrazine groups is 1. The van der Waals surface area contributed by atoms with Gasteiger partial charge in [0.2, 0.25) is 0 Å². The average molecular weight is 294 g/mol. The molecule has 122 valence electrons. The van der Waals surface area contributed by atoms with Crippen LogP contribution in [-0.4, -0.2) is 85.3 Å². The number of likely N-dealkylation sites (tertiary alicyclic amines) is 2. The zero-order chi connectivity index (χ0) is 14.7. The monoisotopic (exact) mass is 294 g/mol. The van der Waals surface area contributed by atoms with Gasteiger partial charge in [0.05, 0.1) is 0 Å². The first-order valence-electron chi connectivity index (χ1n) is 9.15. The van der Waals surface area contributed by atoms with Gasteiger partial charge >= 0.3 is 0 Å². The summed E-state index contributed by atoms with van der Waals surface area (Å²) in [6.45, 7) is 12.7. The number of hydrogen-bond acceptors (Lipinski definition) is 4. The van der Waals surface area contributed by atoms with Crippen LogP contribution in [0.1, 0.15) is 39.0 Å². The van der Waals surface area contributed by atoms with Crippen molar-refractivity contribution >= 4 is 0 Å². The topological polar surface area (TPSA) is 13.0 Å². The first kappa shape index (κ1) is 15.7. The van der Waals surface area contributed by atoms with Crippen LogP contribution >= 0.6 is 0 Å². The molecule has 2 atom stereocenters. The van der Waals surface area contributed by atoms with Crippen molar-refractivity contribution in [2.45, 2.75) is 45.1 Å². The molecule has 0 saturated carbocycles. The van der Waals surface area contributed by atoms with E-state index in [4.69, 9.17) is 0 Å². The van der Waals surface area contributed by atoms with Gasteiger partial charge in [-0.1, -0.05) is 6.92 Å². The Kier molecular flexibility index (Phi) is 5.54. The molecule has 3 aliphatic rings. The minimum Gasteiger partial charge on any atom is -0.303 e. The van der Waals surface area contributed by atoms with Gasteiger partial charge in [-0.2, -0.15) is 0 Å². The Hall–Kier alpha value is -0.160. The van der Waals surface area contributed by atoms with E-state index in [-0.39, 0.29) is 0 Å². The lowest BCUT2D eigenvalue weighted by Gasteiger charge is -2.31. The van der Waals surface area contributed by atoms with Crippen LogP contribution in [0.2, 0.25) is 0 Å². The van der Waals surface area contributed by atoms with Crippen LogP contribution in [0.25, 0.3) is 0 Å². The Labute approximate surface area is 131 Å². The molecule has 3 fully saturated rings. The molecule has 2 unspecified atom stereocenters. The molecule has 0 aliphatic carbocycles. The van der Waals surface area contributed by atoms with E-state index in [1.165, 1.54) is 84.5 Å². The van der Waals surface area contributed by atoms with Crippen molar-refractivity contribution in [3.8, 4) is 0 Å². The summed E-state index contributed by atoms with van der Waals surface area (Å²) in [7, 11) is 2.30. The Morgan fingerprint density at radius 2 is 1.67 bits per heavy atom. The second-order valence-electron chi connectivity index (χ2n) is 7.52. The highest BCUT2D eigenvalue weighted by atomic mass is 15.6. The zero-order valence-electron chi connectivity index (χ0n) is 14.1. The van der Waals surface area contributed by atoms with Gasteiger partial charge in [-0.05, 0) is 58.2 Å². The normalized spacial score (nSPS) is 33.4. The number of nitrogens with zero attached hydrogens (tertiary/aromatic N) is 4. The van der Waals surface area contributed by atoms with E-state index in [1.807, 2.05) is 0 Å². The van der Waals surface area contributed by atoms with Crippen molar-refractivity contribution in [2.75, 3.05) is 59.4 Å². The maximum absolute atomic E-state index is 2.66. The molecule has 3 heterocycles. The summed E-state index contributed by atoms with van der Waals surface area (Å²) in [4.78, 5) is 5.22. The van der Waals surface area contributed by atoms with Gasteiger partial charge in [0.15, 0.2) is 0 Å². The zero-order valence-corrected chi connectivity index (χ0v) is 14.1. The SMILES string of the molecule is CC1CCN(CCN2CCCN2CCC2CCCN2C)C1. The summed E-state index contributed by atoms with van der Waals surface area (Å²) in [5.74, 6) is 0.914. The van der Waals surface area contributed by atoms with Crippen LogP contribution < -0.4 is 0 Å². The summed E-state index contributed by atoms with van der Waals surface area (Å²) in [6, 6.07) is 0.840. The van der Waals surface area contributed by atoms with Crippen molar-refractivity contribution in [2.24, 2.45) is 5.92 Å². The van der Waals surface area contributed by atoms with Crippen LogP contribution in [-0.2, 0) is 0 Å². The lowest BCUT2D eigenvalue weighted by atomic mass is 10.1. The van der Waals surface area contributed by atoms with Crippen LogP contribution in [0.5, 0.6) is 0 Å². The van der Waals surface area contributed by atoms with Crippen molar-refractivity contribution in [3.63, 3.8) is 0 Å². The fourth-order valence-electron chi connectivity index (χ4n) is 4.35. The van der Waals surface area contributed by atoms with Gasteiger partial charge in [-0.3, -0.25) is 0 Å². The van der Waals surface area contributed by atoms with E-state index in [2.05, 4.69) is 33.8 Å². The lowest BCUT2D eigenvalue weighted by Crippen LogP contribution is -2.43. The molecule has 21 heavy (non-hydrogen) atoms. The van der Waals surface area contributed by atoms with Gasteiger partial charge in [0.25, 0.3) is 0 Å². The molecule has 3 aliphatic heterocycles. The summed E-state index contributed by atoms with van der Waals surface area (Å²) < 4.78 is 0. The summed E-state index contributed by atoms with van der Waals surface area (Å²) in [6.07, 6.45) is 6.93. The highest BCUT2D eigenvalue weighted by Crippen LogP contribution is 2.20.